The topological polar surface area (TPSA) is 29.1 Å². The molecule has 0 saturated heterocycles. The molecule has 0 unspecified atom stereocenters. The van der Waals surface area contributed by atoms with Crippen LogP contribution in [0.1, 0.15) is 25.3 Å². The Hall–Kier alpha value is -2.23. The Morgan fingerprint density at radius 1 is 1.05 bits per heavy atom. The Kier molecular flexibility index (Phi) is 3.47. The van der Waals surface area contributed by atoms with Crippen LogP contribution >= 0.6 is 0 Å². The van der Waals surface area contributed by atoms with E-state index in [2.05, 4.69) is 5.32 Å². The molecule has 0 radical (unpaired) electrons. The molecule has 0 aromatic heterocycles. The van der Waals surface area contributed by atoms with Gasteiger partial charge in [-0.05, 0) is 23.1 Å². The Labute approximate surface area is 128 Å². The Bertz CT molecular complexity index is 712. The van der Waals surface area contributed by atoms with E-state index in [1.54, 1.807) is 0 Å². The Morgan fingerprint density at radius 3 is 2.36 bits per heavy atom. The van der Waals surface area contributed by atoms with Gasteiger partial charge in [-0.2, -0.15) is 0 Å². The minimum Gasteiger partial charge on any atom is -0.326 e. The minimum absolute atomic E-state index is 0.138. The zero-order chi connectivity index (χ0) is 15.9. The average Bonchev–Trinajstić information content (AvgIpc) is 3.07. The molecule has 2 aromatic rings. The van der Waals surface area contributed by atoms with Crippen LogP contribution in [0, 0.1) is 23.0 Å². The molecule has 1 aliphatic rings. The van der Waals surface area contributed by atoms with Gasteiger partial charge in [-0.3, -0.25) is 4.79 Å². The summed E-state index contributed by atoms with van der Waals surface area (Å²) in [5, 5.41) is 2.68. The summed E-state index contributed by atoms with van der Waals surface area (Å²) in [6, 6.07) is 13.2. The number of carbonyl (C=O) groups excluding carboxylic acids is 1. The standard InChI is InChI=1S/C18H17F2NO/c1-18(2)15(11-6-4-3-5-7-11)16(18)17(22)21-12-8-9-13(19)14(20)10-12/h3-10,15-16H,1-2H3,(H,21,22)/t15-,16+/m0/s1. The van der Waals surface area contributed by atoms with Crippen molar-refractivity contribution < 1.29 is 13.6 Å². The van der Waals surface area contributed by atoms with E-state index in [0.717, 1.165) is 17.7 Å². The summed E-state index contributed by atoms with van der Waals surface area (Å²) in [7, 11) is 0. The van der Waals surface area contributed by atoms with Crippen LogP contribution < -0.4 is 5.32 Å². The van der Waals surface area contributed by atoms with Gasteiger partial charge in [0.25, 0.3) is 0 Å². The molecule has 114 valence electrons. The van der Waals surface area contributed by atoms with Gasteiger partial charge >= 0.3 is 0 Å². The van der Waals surface area contributed by atoms with Crippen molar-refractivity contribution in [3.8, 4) is 0 Å². The monoisotopic (exact) mass is 301 g/mol. The zero-order valence-electron chi connectivity index (χ0n) is 12.4. The van der Waals surface area contributed by atoms with Crippen molar-refractivity contribution >= 4 is 11.6 Å². The van der Waals surface area contributed by atoms with Crippen LogP contribution in [0.4, 0.5) is 14.5 Å². The molecule has 0 aliphatic heterocycles. The molecule has 0 heterocycles. The molecule has 0 bridgehead atoms. The van der Waals surface area contributed by atoms with Crippen LogP contribution in [0.2, 0.25) is 0 Å². The van der Waals surface area contributed by atoms with Crippen LogP contribution in [-0.2, 0) is 4.79 Å². The highest BCUT2D eigenvalue weighted by molar-refractivity contribution is 5.96. The van der Waals surface area contributed by atoms with Crippen LogP contribution in [0.3, 0.4) is 0 Å². The van der Waals surface area contributed by atoms with Crippen LogP contribution in [0.5, 0.6) is 0 Å². The first-order valence-corrected chi connectivity index (χ1v) is 7.22. The number of carbonyl (C=O) groups is 1. The third kappa shape index (κ3) is 2.49. The molecule has 2 aromatic carbocycles. The Balaban J connectivity index is 1.77. The van der Waals surface area contributed by atoms with Crippen LogP contribution in [0.15, 0.2) is 48.5 Å². The van der Waals surface area contributed by atoms with Crippen molar-refractivity contribution in [2.24, 2.45) is 11.3 Å². The van der Waals surface area contributed by atoms with Crippen molar-refractivity contribution in [3.63, 3.8) is 0 Å². The number of halogens is 2. The van der Waals surface area contributed by atoms with E-state index in [1.807, 2.05) is 44.2 Å². The molecular formula is C18H17F2NO. The molecule has 1 aliphatic carbocycles. The molecule has 1 amide bonds. The summed E-state index contributed by atoms with van der Waals surface area (Å²) < 4.78 is 26.1. The summed E-state index contributed by atoms with van der Waals surface area (Å²) >= 11 is 0. The van der Waals surface area contributed by atoms with Crippen molar-refractivity contribution in [2.45, 2.75) is 19.8 Å². The van der Waals surface area contributed by atoms with Crippen molar-refractivity contribution in [3.05, 3.63) is 65.7 Å². The number of anilines is 1. The number of nitrogens with one attached hydrogen (secondary N) is 1. The van der Waals surface area contributed by atoms with Gasteiger partial charge in [0.2, 0.25) is 5.91 Å². The maximum atomic E-state index is 13.2. The highest BCUT2D eigenvalue weighted by atomic mass is 19.2. The van der Waals surface area contributed by atoms with Gasteiger partial charge in [-0.15, -0.1) is 0 Å². The molecule has 2 atom stereocenters. The summed E-state index contributed by atoms with van der Waals surface area (Å²) in [6.07, 6.45) is 0. The van der Waals surface area contributed by atoms with E-state index >= 15 is 0 Å². The molecule has 1 N–H and O–H groups in total. The van der Waals surface area contributed by atoms with E-state index < -0.39 is 11.6 Å². The Morgan fingerprint density at radius 2 is 1.73 bits per heavy atom. The molecule has 1 saturated carbocycles. The summed E-state index contributed by atoms with van der Waals surface area (Å²) in [5.41, 5.74) is 1.25. The lowest BCUT2D eigenvalue weighted by Gasteiger charge is -2.06. The molecule has 3 rings (SSSR count). The van der Waals surface area contributed by atoms with Crippen LogP contribution in [-0.4, -0.2) is 5.91 Å². The van der Waals surface area contributed by atoms with Crippen molar-refractivity contribution in [1.82, 2.24) is 0 Å². The normalized spacial score (nSPS) is 22.2. The van der Waals surface area contributed by atoms with Gasteiger partial charge in [0.1, 0.15) is 0 Å². The third-order valence-corrected chi connectivity index (χ3v) is 4.46. The van der Waals surface area contributed by atoms with Gasteiger partial charge in [-0.1, -0.05) is 44.2 Å². The van der Waals surface area contributed by atoms with Gasteiger partial charge in [0.15, 0.2) is 11.6 Å². The van der Waals surface area contributed by atoms with Gasteiger partial charge in [0, 0.05) is 17.7 Å². The second-order valence-corrected chi connectivity index (χ2v) is 6.31. The summed E-state index contributed by atoms with van der Waals surface area (Å²) in [5.74, 6) is -2.09. The SMILES string of the molecule is CC1(C)[C@@H](C(=O)Nc2ccc(F)c(F)c2)[C@@H]1c1ccccc1. The fourth-order valence-corrected chi connectivity index (χ4v) is 3.20. The number of hydrogen-bond acceptors (Lipinski definition) is 1. The van der Waals surface area contributed by atoms with Gasteiger partial charge in [-0.25, -0.2) is 8.78 Å². The number of hydrogen-bond donors (Lipinski definition) is 1. The molecule has 4 heteroatoms. The highest BCUT2D eigenvalue weighted by Gasteiger charge is 2.62. The first kappa shape index (κ1) is 14.7. The highest BCUT2D eigenvalue weighted by Crippen LogP contribution is 2.64. The van der Waals surface area contributed by atoms with E-state index in [4.69, 9.17) is 0 Å². The molecule has 1 fully saturated rings. The predicted molar refractivity (Wildman–Crippen MR) is 81.4 cm³/mol. The molecule has 0 spiro atoms. The van der Waals surface area contributed by atoms with E-state index in [1.165, 1.54) is 6.07 Å². The lowest BCUT2D eigenvalue weighted by molar-refractivity contribution is -0.118. The molecule has 22 heavy (non-hydrogen) atoms. The van der Waals surface area contributed by atoms with E-state index in [9.17, 15) is 13.6 Å². The van der Waals surface area contributed by atoms with Gasteiger partial charge < -0.3 is 5.32 Å². The predicted octanol–water partition coefficient (Wildman–Crippen LogP) is 4.34. The zero-order valence-corrected chi connectivity index (χ0v) is 12.4. The average molecular weight is 301 g/mol. The first-order valence-electron chi connectivity index (χ1n) is 7.22. The number of benzene rings is 2. The van der Waals surface area contributed by atoms with Gasteiger partial charge in [0.05, 0.1) is 5.92 Å². The lowest BCUT2D eigenvalue weighted by Crippen LogP contribution is -2.17. The number of amides is 1. The minimum atomic E-state index is -0.965. The maximum Gasteiger partial charge on any atom is 0.228 e. The van der Waals surface area contributed by atoms with Crippen molar-refractivity contribution in [2.75, 3.05) is 5.32 Å². The molecular weight excluding hydrogens is 284 g/mol. The van der Waals surface area contributed by atoms with Crippen LogP contribution in [0.25, 0.3) is 0 Å². The number of rotatable bonds is 3. The smallest absolute Gasteiger partial charge is 0.228 e. The summed E-state index contributed by atoms with van der Waals surface area (Å²) in [6.45, 7) is 4.08. The largest absolute Gasteiger partial charge is 0.326 e. The second kappa shape index (κ2) is 5.20. The third-order valence-electron chi connectivity index (χ3n) is 4.46. The van der Waals surface area contributed by atoms with Crippen molar-refractivity contribution in [1.29, 1.82) is 0 Å². The van der Waals surface area contributed by atoms with E-state index in [-0.39, 0.29) is 28.8 Å². The second-order valence-electron chi connectivity index (χ2n) is 6.31. The fourth-order valence-electron chi connectivity index (χ4n) is 3.20. The quantitative estimate of drug-likeness (QED) is 0.897. The fraction of sp³-hybridized carbons (Fsp3) is 0.278. The first-order chi connectivity index (χ1) is 10.4. The summed E-state index contributed by atoms with van der Waals surface area (Å²) in [4.78, 5) is 12.4. The van der Waals surface area contributed by atoms with E-state index in [0.29, 0.717) is 0 Å². The molecule has 2 nitrogen and oxygen atoms in total. The maximum absolute atomic E-state index is 13.2. The lowest BCUT2D eigenvalue weighted by atomic mass is 10.0.